The van der Waals surface area contributed by atoms with E-state index in [0.29, 0.717) is 6.04 Å². The fraction of sp³-hybridized carbons (Fsp3) is 0.647. The van der Waals surface area contributed by atoms with Gasteiger partial charge in [0.15, 0.2) is 0 Å². The van der Waals surface area contributed by atoms with Crippen LogP contribution in [0, 0.1) is 0 Å². The van der Waals surface area contributed by atoms with Crippen molar-refractivity contribution in [3.63, 3.8) is 0 Å². The van der Waals surface area contributed by atoms with Gasteiger partial charge in [-0.1, -0.05) is 24.3 Å². The Morgan fingerprint density at radius 2 is 2.05 bits per heavy atom. The van der Waals surface area contributed by atoms with Crippen LogP contribution >= 0.6 is 0 Å². The van der Waals surface area contributed by atoms with E-state index in [-0.39, 0.29) is 6.04 Å². The summed E-state index contributed by atoms with van der Waals surface area (Å²) in [5, 5.41) is 14.7. The molecule has 3 rings (SSSR count). The van der Waals surface area contributed by atoms with E-state index < -0.39 is 5.60 Å². The molecule has 20 heavy (non-hydrogen) atoms. The first-order chi connectivity index (χ1) is 9.60. The van der Waals surface area contributed by atoms with Gasteiger partial charge in [0.1, 0.15) is 0 Å². The van der Waals surface area contributed by atoms with Crippen LogP contribution in [0.25, 0.3) is 0 Å². The zero-order chi connectivity index (χ0) is 14.2. The first-order valence-corrected chi connectivity index (χ1v) is 7.88. The smallest absolute Gasteiger partial charge is 0.0854 e. The van der Waals surface area contributed by atoms with Gasteiger partial charge >= 0.3 is 0 Å². The minimum absolute atomic E-state index is 0.103. The van der Waals surface area contributed by atoms with Crippen LogP contribution in [0.3, 0.4) is 0 Å². The fourth-order valence-corrected chi connectivity index (χ4v) is 3.75. The Hall–Kier alpha value is -0.900. The van der Waals surface area contributed by atoms with Crippen LogP contribution in [-0.2, 0) is 6.54 Å². The van der Waals surface area contributed by atoms with E-state index in [1.54, 1.807) is 0 Å². The molecule has 2 aliphatic heterocycles. The normalized spacial score (nSPS) is 31.3. The standard InChI is InChI=1S/C17H26N2O/c1-13(2)19-10-5-8-17(20,9-11-19)16-15-7-4-3-6-14(15)12-18-16/h3-4,6-7,13,16,18,20H,5,8-12H2,1-2H3. The highest BCUT2D eigenvalue weighted by atomic mass is 16.3. The number of nitrogens with zero attached hydrogens (tertiary/aromatic N) is 1. The van der Waals surface area contributed by atoms with Gasteiger partial charge in [-0.3, -0.25) is 0 Å². The fourth-order valence-electron chi connectivity index (χ4n) is 3.75. The maximum Gasteiger partial charge on any atom is 0.0854 e. The summed E-state index contributed by atoms with van der Waals surface area (Å²) in [6.07, 6.45) is 2.83. The lowest BCUT2D eigenvalue weighted by molar-refractivity contribution is -0.0103. The zero-order valence-electron chi connectivity index (χ0n) is 12.6. The molecule has 2 unspecified atom stereocenters. The Labute approximate surface area is 122 Å². The SMILES string of the molecule is CC(C)N1CCCC(O)(C2NCc3ccccc32)CC1. The van der Waals surface area contributed by atoms with Crippen molar-refractivity contribution in [2.45, 2.75) is 57.3 Å². The Morgan fingerprint density at radius 3 is 2.85 bits per heavy atom. The van der Waals surface area contributed by atoms with Crippen molar-refractivity contribution >= 4 is 0 Å². The number of likely N-dealkylation sites (tertiary alicyclic amines) is 1. The average Bonchev–Trinajstić information content (AvgIpc) is 2.77. The molecule has 0 aliphatic carbocycles. The van der Waals surface area contributed by atoms with Crippen LogP contribution in [0.15, 0.2) is 24.3 Å². The van der Waals surface area contributed by atoms with Gasteiger partial charge in [-0.25, -0.2) is 0 Å². The van der Waals surface area contributed by atoms with Gasteiger partial charge in [-0.05, 0) is 50.8 Å². The van der Waals surface area contributed by atoms with E-state index in [9.17, 15) is 5.11 Å². The van der Waals surface area contributed by atoms with Gasteiger partial charge in [0, 0.05) is 19.1 Å². The molecule has 3 heteroatoms. The van der Waals surface area contributed by atoms with Crippen LogP contribution < -0.4 is 5.32 Å². The second-order valence-corrected chi connectivity index (χ2v) is 6.60. The van der Waals surface area contributed by atoms with E-state index in [1.165, 1.54) is 11.1 Å². The summed E-state index contributed by atoms with van der Waals surface area (Å²) in [5.41, 5.74) is 2.04. The van der Waals surface area contributed by atoms with Gasteiger partial charge in [-0.2, -0.15) is 0 Å². The van der Waals surface area contributed by atoms with Crippen molar-refractivity contribution in [2.75, 3.05) is 13.1 Å². The highest BCUT2D eigenvalue weighted by Gasteiger charge is 2.41. The molecular weight excluding hydrogens is 248 g/mol. The summed E-state index contributed by atoms with van der Waals surface area (Å²) in [6.45, 7) is 7.47. The molecule has 2 N–H and O–H groups in total. The molecule has 1 aromatic rings. The van der Waals surface area contributed by atoms with E-state index in [0.717, 1.165) is 38.9 Å². The summed E-state index contributed by atoms with van der Waals surface area (Å²) in [4.78, 5) is 2.48. The molecule has 1 saturated heterocycles. The van der Waals surface area contributed by atoms with E-state index in [2.05, 4.69) is 48.3 Å². The lowest BCUT2D eigenvalue weighted by Crippen LogP contribution is -2.42. The van der Waals surface area contributed by atoms with Crippen LogP contribution in [0.1, 0.15) is 50.3 Å². The topological polar surface area (TPSA) is 35.5 Å². The number of fused-ring (bicyclic) bond motifs is 1. The minimum Gasteiger partial charge on any atom is -0.388 e. The molecule has 3 nitrogen and oxygen atoms in total. The molecule has 0 spiro atoms. The third-order valence-corrected chi connectivity index (χ3v) is 5.02. The minimum atomic E-state index is -0.601. The maximum absolute atomic E-state index is 11.2. The monoisotopic (exact) mass is 274 g/mol. The zero-order valence-corrected chi connectivity index (χ0v) is 12.6. The van der Waals surface area contributed by atoms with Crippen molar-refractivity contribution in [1.29, 1.82) is 0 Å². The van der Waals surface area contributed by atoms with Gasteiger partial charge in [0.2, 0.25) is 0 Å². The molecule has 2 aliphatic rings. The average molecular weight is 274 g/mol. The largest absolute Gasteiger partial charge is 0.388 e. The molecule has 0 aromatic heterocycles. The molecule has 1 fully saturated rings. The van der Waals surface area contributed by atoms with Crippen molar-refractivity contribution in [3.05, 3.63) is 35.4 Å². The molecule has 0 radical (unpaired) electrons. The lowest BCUT2D eigenvalue weighted by atomic mass is 9.83. The van der Waals surface area contributed by atoms with Crippen molar-refractivity contribution < 1.29 is 5.11 Å². The molecular formula is C17H26N2O. The molecule has 1 aromatic carbocycles. The third kappa shape index (κ3) is 2.50. The summed E-state index contributed by atoms with van der Waals surface area (Å²) in [6, 6.07) is 9.18. The number of aliphatic hydroxyl groups is 1. The molecule has 0 saturated carbocycles. The Morgan fingerprint density at radius 1 is 1.25 bits per heavy atom. The summed E-state index contributed by atoms with van der Waals surface area (Å²) in [5.74, 6) is 0. The quantitative estimate of drug-likeness (QED) is 0.869. The lowest BCUT2D eigenvalue weighted by Gasteiger charge is -2.34. The molecule has 0 amide bonds. The number of rotatable bonds is 2. The molecule has 2 atom stereocenters. The second kappa shape index (κ2) is 5.47. The van der Waals surface area contributed by atoms with Crippen LogP contribution in [0.4, 0.5) is 0 Å². The molecule has 110 valence electrons. The van der Waals surface area contributed by atoms with Gasteiger partial charge < -0.3 is 15.3 Å². The Balaban J connectivity index is 1.80. The second-order valence-electron chi connectivity index (χ2n) is 6.60. The van der Waals surface area contributed by atoms with Crippen LogP contribution in [0.5, 0.6) is 0 Å². The van der Waals surface area contributed by atoms with E-state index >= 15 is 0 Å². The summed E-state index contributed by atoms with van der Waals surface area (Å²) in [7, 11) is 0. The maximum atomic E-state index is 11.2. The van der Waals surface area contributed by atoms with Crippen molar-refractivity contribution in [2.24, 2.45) is 0 Å². The predicted molar refractivity (Wildman–Crippen MR) is 81.5 cm³/mol. The van der Waals surface area contributed by atoms with E-state index in [4.69, 9.17) is 0 Å². The number of hydrogen-bond acceptors (Lipinski definition) is 3. The summed E-state index contributed by atoms with van der Waals surface area (Å²) >= 11 is 0. The van der Waals surface area contributed by atoms with Gasteiger partial charge in [0.25, 0.3) is 0 Å². The van der Waals surface area contributed by atoms with Crippen molar-refractivity contribution in [3.8, 4) is 0 Å². The Bertz CT molecular complexity index is 474. The van der Waals surface area contributed by atoms with Gasteiger partial charge in [-0.15, -0.1) is 0 Å². The molecule has 0 bridgehead atoms. The van der Waals surface area contributed by atoms with E-state index in [1.807, 2.05) is 0 Å². The Kier molecular flexibility index (Phi) is 3.85. The van der Waals surface area contributed by atoms with Crippen LogP contribution in [-0.4, -0.2) is 34.7 Å². The van der Waals surface area contributed by atoms with Crippen molar-refractivity contribution in [1.82, 2.24) is 10.2 Å². The number of benzene rings is 1. The predicted octanol–water partition coefficient (Wildman–Crippen LogP) is 2.46. The number of nitrogens with one attached hydrogen (secondary N) is 1. The highest BCUT2D eigenvalue weighted by molar-refractivity contribution is 5.36. The first-order valence-electron chi connectivity index (χ1n) is 7.88. The van der Waals surface area contributed by atoms with Gasteiger partial charge in [0.05, 0.1) is 11.6 Å². The third-order valence-electron chi connectivity index (χ3n) is 5.02. The summed E-state index contributed by atoms with van der Waals surface area (Å²) < 4.78 is 0. The first kappa shape index (κ1) is 14.1. The number of hydrogen-bond donors (Lipinski definition) is 2. The molecule has 2 heterocycles. The highest BCUT2D eigenvalue weighted by Crippen LogP contribution is 2.39. The van der Waals surface area contributed by atoms with Crippen LogP contribution in [0.2, 0.25) is 0 Å².